The molecule has 21 heavy (non-hydrogen) atoms. The number of hydrogen-bond acceptors (Lipinski definition) is 3. The van der Waals surface area contributed by atoms with E-state index in [1.54, 1.807) is 36.4 Å². The molecule has 5 heteroatoms. The van der Waals surface area contributed by atoms with Crippen molar-refractivity contribution >= 4 is 11.9 Å². The first-order chi connectivity index (χ1) is 10.2. The Morgan fingerprint density at radius 3 is 2.19 bits per heavy atom. The van der Waals surface area contributed by atoms with Gasteiger partial charge < -0.3 is 15.2 Å². The van der Waals surface area contributed by atoms with Crippen LogP contribution in [-0.2, 0) is 0 Å². The summed E-state index contributed by atoms with van der Waals surface area (Å²) in [5.41, 5.74) is 1.22. The highest BCUT2D eigenvalue weighted by Gasteiger charge is 2.08. The summed E-state index contributed by atoms with van der Waals surface area (Å²) in [5, 5.41) is 10.6. The van der Waals surface area contributed by atoms with Crippen LogP contribution < -0.4 is 10.1 Å². The number of nitrogens with one attached hydrogen (secondary N) is 1. The van der Waals surface area contributed by atoms with Crippen molar-refractivity contribution in [3.63, 3.8) is 0 Å². The summed E-state index contributed by atoms with van der Waals surface area (Å²) in [4.78, 5) is 22.4. The minimum Gasteiger partial charge on any atom is -0.492 e. The Bertz CT molecular complexity index is 608. The molecule has 0 atom stereocenters. The van der Waals surface area contributed by atoms with E-state index in [2.05, 4.69) is 5.32 Å². The molecule has 2 N–H and O–H groups in total. The first-order valence-electron chi connectivity index (χ1n) is 6.46. The number of ether oxygens (including phenoxy) is 1. The molecule has 1 amide bonds. The van der Waals surface area contributed by atoms with E-state index in [9.17, 15) is 9.59 Å². The number of benzene rings is 2. The summed E-state index contributed by atoms with van der Waals surface area (Å²) >= 11 is 0. The van der Waals surface area contributed by atoms with Gasteiger partial charge in [-0.25, -0.2) is 4.79 Å². The number of carbonyl (C=O) groups is 2. The molecule has 0 heterocycles. The SMILES string of the molecule is O=C(O)NCCOc1ccc(C(=O)c2ccccc2)cc1. The molecule has 5 nitrogen and oxygen atoms in total. The molecule has 0 aliphatic rings. The fourth-order valence-electron chi connectivity index (χ4n) is 1.79. The van der Waals surface area contributed by atoms with Gasteiger partial charge >= 0.3 is 6.09 Å². The number of ketones is 1. The molecule has 2 rings (SSSR count). The van der Waals surface area contributed by atoms with Gasteiger partial charge in [0.2, 0.25) is 0 Å². The predicted molar refractivity (Wildman–Crippen MR) is 77.8 cm³/mol. The van der Waals surface area contributed by atoms with Gasteiger partial charge in [-0.15, -0.1) is 0 Å². The number of rotatable bonds is 6. The Balaban J connectivity index is 1.93. The van der Waals surface area contributed by atoms with Crippen LogP contribution in [0.25, 0.3) is 0 Å². The summed E-state index contributed by atoms with van der Waals surface area (Å²) in [5.74, 6) is 0.543. The fraction of sp³-hybridized carbons (Fsp3) is 0.125. The molecule has 0 bridgehead atoms. The monoisotopic (exact) mass is 285 g/mol. The molecule has 0 aromatic heterocycles. The Morgan fingerprint density at radius 1 is 0.952 bits per heavy atom. The van der Waals surface area contributed by atoms with Gasteiger partial charge in [0.15, 0.2) is 5.78 Å². The molecule has 108 valence electrons. The normalized spacial score (nSPS) is 9.90. The van der Waals surface area contributed by atoms with Crippen LogP contribution >= 0.6 is 0 Å². The summed E-state index contributed by atoms with van der Waals surface area (Å²) in [6, 6.07) is 15.8. The van der Waals surface area contributed by atoms with E-state index in [4.69, 9.17) is 9.84 Å². The lowest BCUT2D eigenvalue weighted by molar-refractivity contribution is 0.103. The minimum atomic E-state index is -1.08. The van der Waals surface area contributed by atoms with E-state index in [-0.39, 0.29) is 18.9 Å². The lowest BCUT2D eigenvalue weighted by Gasteiger charge is -2.07. The van der Waals surface area contributed by atoms with Gasteiger partial charge in [-0.2, -0.15) is 0 Å². The zero-order valence-electron chi connectivity index (χ0n) is 11.3. The van der Waals surface area contributed by atoms with Gasteiger partial charge in [0.1, 0.15) is 12.4 Å². The molecular formula is C16H15NO4. The van der Waals surface area contributed by atoms with Crippen molar-refractivity contribution in [2.45, 2.75) is 0 Å². The molecule has 0 radical (unpaired) electrons. The van der Waals surface area contributed by atoms with Crippen molar-refractivity contribution in [2.75, 3.05) is 13.2 Å². The fourth-order valence-corrected chi connectivity index (χ4v) is 1.79. The Morgan fingerprint density at radius 2 is 1.57 bits per heavy atom. The third-order valence-electron chi connectivity index (χ3n) is 2.80. The maximum atomic E-state index is 12.2. The number of amides is 1. The third kappa shape index (κ3) is 4.35. The van der Waals surface area contributed by atoms with Gasteiger partial charge in [-0.3, -0.25) is 4.79 Å². The van der Waals surface area contributed by atoms with E-state index in [0.717, 1.165) is 0 Å². The highest BCUT2D eigenvalue weighted by atomic mass is 16.5. The van der Waals surface area contributed by atoms with Gasteiger partial charge in [-0.05, 0) is 24.3 Å². The van der Waals surface area contributed by atoms with Gasteiger partial charge in [0, 0.05) is 11.1 Å². The second-order valence-electron chi connectivity index (χ2n) is 4.30. The molecule has 0 saturated carbocycles. The van der Waals surface area contributed by atoms with Gasteiger partial charge in [0.05, 0.1) is 6.54 Å². The predicted octanol–water partition coefficient (Wildman–Crippen LogP) is 2.56. The zero-order valence-corrected chi connectivity index (χ0v) is 11.3. The van der Waals surface area contributed by atoms with Crippen LogP contribution in [0.15, 0.2) is 54.6 Å². The topological polar surface area (TPSA) is 75.6 Å². The second-order valence-corrected chi connectivity index (χ2v) is 4.30. The minimum absolute atomic E-state index is 0.0466. The molecule has 2 aromatic rings. The summed E-state index contributed by atoms with van der Waals surface area (Å²) in [7, 11) is 0. The maximum Gasteiger partial charge on any atom is 0.404 e. The van der Waals surface area contributed by atoms with Crippen molar-refractivity contribution < 1.29 is 19.4 Å². The lowest BCUT2D eigenvalue weighted by atomic mass is 10.0. The Kier molecular flexibility index (Phi) is 4.93. The van der Waals surface area contributed by atoms with E-state index >= 15 is 0 Å². The standard InChI is InChI=1S/C16H15NO4/c18-15(12-4-2-1-3-5-12)13-6-8-14(9-7-13)21-11-10-17-16(19)20/h1-9,17H,10-11H2,(H,19,20). The van der Waals surface area contributed by atoms with E-state index in [1.165, 1.54) is 0 Å². The van der Waals surface area contributed by atoms with Crippen LogP contribution in [-0.4, -0.2) is 30.1 Å². The first kappa shape index (κ1) is 14.6. The molecule has 0 spiro atoms. The van der Waals surface area contributed by atoms with Crippen molar-refractivity contribution in [2.24, 2.45) is 0 Å². The van der Waals surface area contributed by atoms with Crippen LogP contribution in [0.4, 0.5) is 4.79 Å². The first-order valence-corrected chi connectivity index (χ1v) is 6.46. The molecular weight excluding hydrogens is 270 g/mol. The third-order valence-corrected chi connectivity index (χ3v) is 2.80. The lowest BCUT2D eigenvalue weighted by Crippen LogP contribution is -2.26. The van der Waals surface area contributed by atoms with Crippen LogP contribution in [0.3, 0.4) is 0 Å². The van der Waals surface area contributed by atoms with Crippen molar-refractivity contribution in [1.82, 2.24) is 5.32 Å². The smallest absolute Gasteiger partial charge is 0.404 e. The summed E-state index contributed by atoms with van der Waals surface area (Å²) < 4.78 is 5.36. The highest BCUT2D eigenvalue weighted by molar-refractivity contribution is 6.08. The quantitative estimate of drug-likeness (QED) is 0.632. The molecule has 0 fully saturated rings. The second kappa shape index (κ2) is 7.09. The van der Waals surface area contributed by atoms with Crippen LogP contribution in [0, 0.1) is 0 Å². The molecule has 0 unspecified atom stereocenters. The molecule has 0 aliphatic carbocycles. The molecule has 2 aromatic carbocycles. The van der Waals surface area contributed by atoms with Crippen LogP contribution in [0.2, 0.25) is 0 Å². The van der Waals surface area contributed by atoms with Crippen molar-refractivity contribution in [3.05, 3.63) is 65.7 Å². The van der Waals surface area contributed by atoms with E-state index in [1.807, 2.05) is 18.2 Å². The number of hydrogen-bond donors (Lipinski definition) is 2. The van der Waals surface area contributed by atoms with Crippen molar-refractivity contribution in [1.29, 1.82) is 0 Å². The molecule has 0 aliphatic heterocycles. The van der Waals surface area contributed by atoms with Gasteiger partial charge in [-0.1, -0.05) is 30.3 Å². The zero-order chi connectivity index (χ0) is 15.1. The highest BCUT2D eigenvalue weighted by Crippen LogP contribution is 2.15. The van der Waals surface area contributed by atoms with Gasteiger partial charge in [0.25, 0.3) is 0 Å². The maximum absolute atomic E-state index is 12.2. The number of carboxylic acid groups (broad SMARTS) is 1. The summed E-state index contributed by atoms with van der Waals surface area (Å²) in [6.07, 6.45) is -1.08. The average Bonchev–Trinajstić information content (AvgIpc) is 2.52. The Labute approximate surface area is 122 Å². The van der Waals surface area contributed by atoms with Crippen LogP contribution in [0.1, 0.15) is 15.9 Å². The number of carbonyl (C=O) groups excluding carboxylic acids is 1. The largest absolute Gasteiger partial charge is 0.492 e. The Hall–Kier alpha value is -2.82. The average molecular weight is 285 g/mol. The molecule has 0 saturated heterocycles. The summed E-state index contributed by atoms with van der Waals surface area (Å²) in [6.45, 7) is 0.443. The van der Waals surface area contributed by atoms with Crippen LogP contribution in [0.5, 0.6) is 5.75 Å². The van der Waals surface area contributed by atoms with E-state index < -0.39 is 6.09 Å². The van der Waals surface area contributed by atoms with Crippen molar-refractivity contribution in [3.8, 4) is 5.75 Å². The van der Waals surface area contributed by atoms with E-state index in [0.29, 0.717) is 16.9 Å².